The molecular formula is C84H161NO5. The van der Waals surface area contributed by atoms with Crippen LogP contribution in [0.2, 0.25) is 0 Å². The van der Waals surface area contributed by atoms with Crippen molar-refractivity contribution in [2.75, 3.05) is 13.2 Å². The summed E-state index contributed by atoms with van der Waals surface area (Å²) >= 11 is 0. The zero-order valence-corrected chi connectivity index (χ0v) is 61.1. The van der Waals surface area contributed by atoms with Gasteiger partial charge in [0.1, 0.15) is 0 Å². The molecule has 6 nitrogen and oxygen atoms in total. The van der Waals surface area contributed by atoms with Gasteiger partial charge < -0.3 is 20.3 Å². The Balaban J connectivity index is 3.32. The zero-order valence-electron chi connectivity index (χ0n) is 61.1. The molecule has 0 saturated carbocycles. The van der Waals surface area contributed by atoms with Crippen LogP contribution in [-0.4, -0.2) is 47.4 Å². The van der Waals surface area contributed by atoms with Crippen LogP contribution in [0.5, 0.6) is 0 Å². The smallest absolute Gasteiger partial charge is 0.305 e. The normalized spacial score (nSPS) is 12.6. The van der Waals surface area contributed by atoms with Crippen LogP contribution in [0.1, 0.15) is 463 Å². The van der Waals surface area contributed by atoms with Crippen molar-refractivity contribution in [3.8, 4) is 0 Å². The van der Waals surface area contributed by atoms with Crippen molar-refractivity contribution in [2.45, 2.75) is 475 Å². The fourth-order valence-corrected chi connectivity index (χ4v) is 13.1. The molecule has 0 fully saturated rings. The lowest BCUT2D eigenvalue weighted by Crippen LogP contribution is -2.45. The van der Waals surface area contributed by atoms with E-state index < -0.39 is 12.1 Å². The molecule has 2 atom stereocenters. The van der Waals surface area contributed by atoms with E-state index in [1.54, 1.807) is 0 Å². The molecule has 0 aliphatic heterocycles. The molecule has 0 aliphatic rings. The highest BCUT2D eigenvalue weighted by Gasteiger charge is 2.20. The SMILES string of the molecule is CCCCC/C=C\C/C=C\CCCCCCCCCC(=O)OCCCCCCCCCCCCCCCCCCCC/C=C\CCCCCCCCCCCCCCCCCCCC(=O)NC(CO)C(O)CCCCCCCCCCCCCCCCCCC. The third-order valence-corrected chi connectivity index (χ3v) is 19.4. The van der Waals surface area contributed by atoms with Crippen LogP contribution in [0.3, 0.4) is 0 Å². The first-order valence-corrected chi connectivity index (χ1v) is 41.2. The molecule has 90 heavy (non-hydrogen) atoms. The number of nitrogens with one attached hydrogen (secondary N) is 1. The molecule has 0 aromatic heterocycles. The Morgan fingerprint density at radius 1 is 0.311 bits per heavy atom. The van der Waals surface area contributed by atoms with E-state index in [0.717, 1.165) is 51.4 Å². The van der Waals surface area contributed by atoms with Gasteiger partial charge in [0.2, 0.25) is 5.91 Å². The van der Waals surface area contributed by atoms with Gasteiger partial charge in [-0.1, -0.05) is 403 Å². The monoisotopic (exact) mass is 1260 g/mol. The van der Waals surface area contributed by atoms with E-state index in [-0.39, 0.29) is 18.5 Å². The number of rotatable bonds is 78. The maximum absolute atomic E-state index is 12.5. The van der Waals surface area contributed by atoms with Gasteiger partial charge in [-0.3, -0.25) is 9.59 Å². The molecular weight excluding hydrogens is 1100 g/mol. The van der Waals surface area contributed by atoms with Gasteiger partial charge in [-0.15, -0.1) is 0 Å². The molecule has 0 saturated heterocycles. The molecule has 2 unspecified atom stereocenters. The summed E-state index contributed by atoms with van der Waals surface area (Å²) in [7, 11) is 0. The van der Waals surface area contributed by atoms with Crippen LogP contribution in [0.15, 0.2) is 36.5 Å². The second kappa shape index (κ2) is 79.5. The average molecular weight is 1270 g/mol. The highest BCUT2D eigenvalue weighted by molar-refractivity contribution is 5.76. The summed E-state index contributed by atoms with van der Waals surface area (Å²) in [4.78, 5) is 24.7. The highest BCUT2D eigenvalue weighted by Crippen LogP contribution is 2.20. The first-order valence-electron chi connectivity index (χ1n) is 41.2. The van der Waals surface area contributed by atoms with Crippen molar-refractivity contribution >= 4 is 11.9 Å². The number of carbonyl (C=O) groups excluding carboxylic acids is 2. The number of carbonyl (C=O) groups is 2. The van der Waals surface area contributed by atoms with Gasteiger partial charge in [0, 0.05) is 12.8 Å². The Morgan fingerprint density at radius 2 is 0.556 bits per heavy atom. The van der Waals surface area contributed by atoms with Crippen LogP contribution in [0, 0.1) is 0 Å². The number of allylic oxidation sites excluding steroid dienone is 6. The summed E-state index contributed by atoms with van der Waals surface area (Å²) in [6.45, 7) is 4.97. The third kappa shape index (κ3) is 75.1. The Bertz CT molecular complexity index is 1460. The highest BCUT2D eigenvalue weighted by atomic mass is 16.5. The number of amides is 1. The van der Waals surface area contributed by atoms with E-state index in [0.29, 0.717) is 25.9 Å². The summed E-state index contributed by atoms with van der Waals surface area (Å²) in [5.41, 5.74) is 0. The summed E-state index contributed by atoms with van der Waals surface area (Å²) in [6, 6.07) is -0.538. The first kappa shape index (κ1) is 88.1. The van der Waals surface area contributed by atoms with E-state index in [4.69, 9.17) is 4.74 Å². The third-order valence-electron chi connectivity index (χ3n) is 19.4. The summed E-state index contributed by atoms with van der Waals surface area (Å²) < 4.78 is 5.51. The summed E-state index contributed by atoms with van der Waals surface area (Å²) in [6.07, 6.45) is 104. The predicted molar refractivity (Wildman–Crippen MR) is 398 cm³/mol. The Morgan fingerprint density at radius 3 is 0.878 bits per heavy atom. The van der Waals surface area contributed by atoms with Gasteiger partial charge >= 0.3 is 5.97 Å². The molecule has 3 N–H and O–H groups in total. The van der Waals surface area contributed by atoms with Gasteiger partial charge in [-0.25, -0.2) is 0 Å². The van der Waals surface area contributed by atoms with Crippen molar-refractivity contribution < 1.29 is 24.5 Å². The molecule has 0 bridgehead atoms. The number of aliphatic hydroxyl groups is 2. The van der Waals surface area contributed by atoms with Gasteiger partial charge in [-0.2, -0.15) is 0 Å². The summed E-state index contributed by atoms with van der Waals surface area (Å²) in [5, 5.41) is 23.4. The number of unbranched alkanes of at least 4 members (excludes halogenated alkanes) is 61. The molecule has 0 aliphatic carbocycles. The van der Waals surface area contributed by atoms with Crippen LogP contribution in [0.25, 0.3) is 0 Å². The maximum atomic E-state index is 12.5. The van der Waals surface area contributed by atoms with Crippen molar-refractivity contribution in [3.63, 3.8) is 0 Å². The Kier molecular flexibility index (Phi) is 77.8. The number of esters is 1. The first-order chi connectivity index (χ1) is 44.5. The number of ether oxygens (including phenoxy) is 1. The molecule has 0 radical (unpaired) electrons. The second-order valence-corrected chi connectivity index (χ2v) is 28.5. The number of hydrogen-bond acceptors (Lipinski definition) is 5. The maximum Gasteiger partial charge on any atom is 0.305 e. The van der Waals surface area contributed by atoms with Crippen LogP contribution in [0.4, 0.5) is 0 Å². The van der Waals surface area contributed by atoms with E-state index in [1.807, 2.05) is 0 Å². The minimum atomic E-state index is -0.661. The molecule has 0 heterocycles. The van der Waals surface area contributed by atoms with Gasteiger partial charge in [0.05, 0.1) is 25.4 Å². The van der Waals surface area contributed by atoms with E-state index >= 15 is 0 Å². The fraction of sp³-hybridized carbons (Fsp3) is 0.905. The van der Waals surface area contributed by atoms with Crippen molar-refractivity contribution in [1.29, 1.82) is 0 Å². The van der Waals surface area contributed by atoms with Crippen molar-refractivity contribution in [2.24, 2.45) is 0 Å². The zero-order chi connectivity index (χ0) is 64.9. The minimum absolute atomic E-state index is 0.0154. The summed E-state index contributed by atoms with van der Waals surface area (Å²) in [5.74, 6) is -0.0110. The largest absolute Gasteiger partial charge is 0.466 e. The number of hydrogen-bond donors (Lipinski definition) is 3. The predicted octanol–water partition coefficient (Wildman–Crippen LogP) is 27.4. The van der Waals surface area contributed by atoms with E-state index in [9.17, 15) is 19.8 Å². The number of aliphatic hydroxyl groups excluding tert-OH is 2. The lowest BCUT2D eigenvalue weighted by molar-refractivity contribution is -0.143. The molecule has 0 aromatic carbocycles. The molecule has 6 heteroatoms. The minimum Gasteiger partial charge on any atom is -0.466 e. The average Bonchev–Trinajstić information content (AvgIpc) is 3.69. The topological polar surface area (TPSA) is 95.9 Å². The van der Waals surface area contributed by atoms with E-state index in [1.165, 1.54) is 379 Å². The van der Waals surface area contributed by atoms with Gasteiger partial charge in [0.25, 0.3) is 0 Å². The molecule has 0 aromatic rings. The van der Waals surface area contributed by atoms with Gasteiger partial charge in [0.15, 0.2) is 0 Å². The Hall–Kier alpha value is -1.92. The van der Waals surface area contributed by atoms with Crippen LogP contribution in [-0.2, 0) is 14.3 Å². The van der Waals surface area contributed by atoms with Crippen LogP contribution >= 0.6 is 0 Å². The lowest BCUT2D eigenvalue weighted by Gasteiger charge is -2.22. The Labute approximate surface area is 564 Å². The quantitative estimate of drug-likeness (QED) is 0.0320. The van der Waals surface area contributed by atoms with Crippen molar-refractivity contribution in [1.82, 2.24) is 5.32 Å². The second-order valence-electron chi connectivity index (χ2n) is 28.5. The van der Waals surface area contributed by atoms with E-state index in [2.05, 4.69) is 55.6 Å². The van der Waals surface area contributed by atoms with Crippen molar-refractivity contribution in [3.05, 3.63) is 36.5 Å². The van der Waals surface area contributed by atoms with Crippen LogP contribution < -0.4 is 5.32 Å². The molecule has 0 rings (SSSR count). The molecule has 532 valence electrons. The molecule has 0 spiro atoms. The van der Waals surface area contributed by atoms with Gasteiger partial charge in [-0.05, 0) is 83.5 Å². The lowest BCUT2D eigenvalue weighted by atomic mass is 10.0. The standard InChI is InChI=1S/C84H161NO5/c1-3-5-7-9-11-13-15-17-19-44-48-52-56-60-64-68-72-76-82(87)81(80-86)85-83(88)77-73-69-65-61-57-53-49-46-42-40-38-36-34-32-30-28-26-24-22-21-23-25-27-29-31-33-35-37-39-41-43-47-51-55-59-63-67-71-75-79-90-84(89)78-74-70-66-62-58-54-50-45-20-18-16-14-12-10-8-6-4-2/h12,14,18,20-22,81-82,86-87H,3-11,13,15-17,19,23-80H2,1-2H3,(H,85,88)/b14-12-,20-18-,22-21-. The molecule has 1 amide bonds. The fourth-order valence-electron chi connectivity index (χ4n) is 13.1.